The van der Waals surface area contributed by atoms with E-state index in [-0.39, 0.29) is 5.56 Å². The van der Waals surface area contributed by atoms with Gasteiger partial charge in [-0.3, -0.25) is 4.99 Å². The minimum Gasteiger partial charge on any atom is -0.296 e. The van der Waals surface area contributed by atoms with Crippen molar-refractivity contribution in [1.29, 1.82) is 0 Å². The molecule has 0 saturated heterocycles. The van der Waals surface area contributed by atoms with Gasteiger partial charge in [-0.15, -0.1) is 0 Å². The van der Waals surface area contributed by atoms with Gasteiger partial charge in [-0.1, -0.05) is 12.1 Å². The van der Waals surface area contributed by atoms with E-state index < -0.39 is 11.6 Å². The van der Waals surface area contributed by atoms with Crippen LogP contribution in [0, 0.1) is 11.6 Å². The van der Waals surface area contributed by atoms with E-state index in [4.69, 9.17) is 0 Å². The first kappa shape index (κ1) is 7.85. The van der Waals surface area contributed by atoms with Crippen molar-refractivity contribution in [3.05, 3.63) is 35.4 Å². The van der Waals surface area contributed by atoms with Crippen LogP contribution in [-0.4, -0.2) is 13.3 Å². The molecule has 0 aliphatic heterocycles. The molecule has 0 fully saturated rings. The number of nitrogens with zero attached hydrogens (tertiary/aromatic N) is 1. The Morgan fingerprint density at radius 3 is 2.73 bits per heavy atom. The lowest BCUT2D eigenvalue weighted by Gasteiger charge is -1.95. The third kappa shape index (κ3) is 1.61. The highest BCUT2D eigenvalue weighted by atomic mass is 19.2. The Kier molecular flexibility index (Phi) is 2.31. The molecule has 3 heteroatoms. The average Bonchev–Trinajstić information content (AvgIpc) is 1.99. The zero-order chi connectivity index (χ0) is 8.27. The summed E-state index contributed by atoms with van der Waals surface area (Å²) in [4.78, 5) is 3.58. The minimum absolute atomic E-state index is 0.174. The summed E-state index contributed by atoms with van der Waals surface area (Å²) in [6, 6.07) is 3.98. The predicted molar refractivity (Wildman–Crippen MR) is 39.9 cm³/mol. The number of aliphatic imine (C=N–C) groups is 1. The third-order valence-corrected chi connectivity index (χ3v) is 1.25. The Labute approximate surface area is 63.4 Å². The lowest BCUT2D eigenvalue weighted by molar-refractivity contribution is 0.507. The number of hydrogen-bond acceptors (Lipinski definition) is 1. The molecule has 1 aromatic rings. The van der Waals surface area contributed by atoms with Crippen LogP contribution in [0.25, 0.3) is 0 Å². The number of benzene rings is 1. The van der Waals surface area contributed by atoms with Crippen LogP contribution in [-0.2, 0) is 0 Å². The molecule has 0 unspecified atom stereocenters. The molecule has 1 aromatic carbocycles. The van der Waals surface area contributed by atoms with E-state index >= 15 is 0 Å². The van der Waals surface area contributed by atoms with Crippen molar-refractivity contribution in [2.45, 2.75) is 0 Å². The Morgan fingerprint density at radius 1 is 1.36 bits per heavy atom. The molecule has 0 aliphatic carbocycles. The van der Waals surface area contributed by atoms with E-state index in [9.17, 15) is 8.78 Å². The van der Waals surface area contributed by atoms with Gasteiger partial charge in [0.25, 0.3) is 0 Å². The maximum Gasteiger partial charge on any atom is 0.167 e. The molecule has 1 nitrogen and oxygen atoms in total. The molecular formula is C8H7F2N. The van der Waals surface area contributed by atoms with Crippen LogP contribution < -0.4 is 0 Å². The second-order valence-electron chi connectivity index (χ2n) is 2.03. The minimum atomic E-state index is -0.849. The molecule has 11 heavy (non-hydrogen) atoms. The molecule has 0 aliphatic rings. The van der Waals surface area contributed by atoms with Gasteiger partial charge < -0.3 is 0 Å². The molecule has 0 amide bonds. The second-order valence-corrected chi connectivity index (χ2v) is 2.03. The van der Waals surface area contributed by atoms with Crippen molar-refractivity contribution in [3.63, 3.8) is 0 Å². The predicted octanol–water partition coefficient (Wildman–Crippen LogP) is 2.01. The summed E-state index contributed by atoms with van der Waals surface area (Å²) < 4.78 is 25.2. The first-order valence-electron chi connectivity index (χ1n) is 3.12. The fraction of sp³-hybridized carbons (Fsp3) is 0.125. The monoisotopic (exact) mass is 155 g/mol. The molecule has 0 atom stereocenters. The first-order chi connectivity index (χ1) is 5.25. The average molecular weight is 155 g/mol. The molecule has 0 spiro atoms. The standard InChI is InChI=1S/C8H7F2N/c1-11-5-6-3-2-4-7(9)8(6)10/h2-5H,1H3/b11-5+. The van der Waals surface area contributed by atoms with Crippen molar-refractivity contribution in [3.8, 4) is 0 Å². The van der Waals surface area contributed by atoms with E-state index in [1.807, 2.05) is 0 Å². The highest BCUT2D eigenvalue weighted by Crippen LogP contribution is 2.08. The maximum atomic E-state index is 12.7. The Morgan fingerprint density at radius 2 is 2.09 bits per heavy atom. The SMILES string of the molecule is C/N=C/c1cccc(F)c1F. The molecule has 58 valence electrons. The lowest BCUT2D eigenvalue weighted by atomic mass is 10.2. The molecule has 0 N–H and O–H groups in total. The molecule has 0 heterocycles. The zero-order valence-electron chi connectivity index (χ0n) is 6.01. The van der Waals surface area contributed by atoms with Gasteiger partial charge >= 0.3 is 0 Å². The van der Waals surface area contributed by atoms with Crippen molar-refractivity contribution < 1.29 is 8.78 Å². The zero-order valence-corrected chi connectivity index (χ0v) is 6.01. The van der Waals surface area contributed by atoms with Gasteiger partial charge in [-0.2, -0.15) is 0 Å². The molecule has 0 saturated carbocycles. The van der Waals surface area contributed by atoms with Gasteiger partial charge in [0, 0.05) is 18.8 Å². The Balaban J connectivity index is 3.16. The molecule has 0 aromatic heterocycles. The van der Waals surface area contributed by atoms with Crippen LogP contribution >= 0.6 is 0 Å². The van der Waals surface area contributed by atoms with E-state index in [0.29, 0.717) is 0 Å². The van der Waals surface area contributed by atoms with Crippen molar-refractivity contribution in [1.82, 2.24) is 0 Å². The van der Waals surface area contributed by atoms with Crippen LogP contribution in [0.4, 0.5) is 8.78 Å². The van der Waals surface area contributed by atoms with E-state index in [2.05, 4.69) is 4.99 Å². The quantitative estimate of drug-likeness (QED) is 0.550. The van der Waals surface area contributed by atoms with Crippen molar-refractivity contribution in [2.75, 3.05) is 7.05 Å². The fourth-order valence-electron chi connectivity index (χ4n) is 0.759. The van der Waals surface area contributed by atoms with Gasteiger partial charge in [-0.25, -0.2) is 8.78 Å². The highest BCUT2D eigenvalue weighted by molar-refractivity contribution is 5.79. The van der Waals surface area contributed by atoms with Crippen LogP contribution in [0.15, 0.2) is 23.2 Å². The van der Waals surface area contributed by atoms with Crippen molar-refractivity contribution >= 4 is 6.21 Å². The summed E-state index contributed by atoms with van der Waals surface area (Å²) in [5, 5.41) is 0. The highest BCUT2D eigenvalue weighted by Gasteiger charge is 2.03. The van der Waals surface area contributed by atoms with Crippen LogP contribution in [0.1, 0.15) is 5.56 Å². The number of rotatable bonds is 1. The second kappa shape index (κ2) is 3.23. The van der Waals surface area contributed by atoms with E-state index in [0.717, 1.165) is 6.07 Å². The topological polar surface area (TPSA) is 12.4 Å². The summed E-state index contributed by atoms with van der Waals surface area (Å²) in [7, 11) is 1.50. The van der Waals surface area contributed by atoms with Crippen LogP contribution in [0.2, 0.25) is 0 Å². The maximum absolute atomic E-state index is 12.7. The van der Waals surface area contributed by atoms with Crippen LogP contribution in [0.5, 0.6) is 0 Å². The largest absolute Gasteiger partial charge is 0.296 e. The summed E-state index contributed by atoms with van der Waals surface area (Å²) in [6.45, 7) is 0. The van der Waals surface area contributed by atoms with E-state index in [1.54, 1.807) is 0 Å². The van der Waals surface area contributed by atoms with Gasteiger partial charge in [0.2, 0.25) is 0 Å². The van der Waals surface area contributed by atoms with Crippen molar-refractivity contribution in [2.24, 2.45) is 4.99 Å². The Bertz CT molecular complexity index is 281. The molecule has 1 rings (SSSR count). The number of hydrogen-bond donors (Lipinski definition) is 0. The van der Waals surface area contributed by atoms with E-state index in [1.165, 1.54) is 25.4 Å². The van der Waals surface area contributed by atoms with Gasteiger partial charge in [0.05, 0.1) is 0 Å². The summed E-state index contributed by atoms with van der Waals surface area (Å²) >= 11 is 0. The van der Waals surface area contributed by atoms with Gasteiger partial charge in [0.15, 0.2) is 11.6 Å². The van der Waals surface area contributed by atoms with Crippen LogP contribution in [0.3, 0.4) is 0 Å². The third-order valence-electron chi connectivity index (χ3n) is 1.25. The summed E-state index contributed by atoms with van der Waals surface area (Å²) in [6.07, 6.45) is 1.28. The summed E-state index contributed by atoms with van der Waals surface area (Å²) in [5.74, 6) is -1.69. The molecule has 0 radical (unpaired) electrons. The summed E-state index contributed by atoms with van der Waals surface area (Å²) in [5.41, 5.74) is 0.174. The van der Waals surface area contributed by atoms with Gasteiger partial charge in [0.1, 0.15) is 0 Å². The smallest absolute Gasteiger partial charge is 0.167 e. The fourth-order valence-corrected chi connectivity index (χ4v) is 0.759. The lowest BCUT2D eigenvalue weighted by Crippen LogP contribution is -1.91. The molecule has 0 bridgehead atoms. The number of halogens is 2. The normalized spacial score (nSPS) is 10.8. The van der Waals surface area contributed by atoms with Gasteiger partial charge in [-0.05, 0) is 6.07 Å². The Hall–Kier alpha value is -1.25. The first-order valence-corrected chi connectivity index (χ1v) is 3.12. The molecular weight excluding hydrogens is 148 g/mol.